The summed E-state index contributed by atoms with van der Waals surface area (Å²) in [5, 5.41) is 12.1. The van der Waals surface area contributed by atoms with E-state index in [0.29, 0.717) is 5.56 Å². The van der Waals surface area contributed by atoms with Crippen LogP contribution in [0.2, 0.25) is 0 Å². The molecule has 0 amide bonds. The third kappa shape index (κ3) is 4.16. The van der Waals surface area contributed by atoms with Gasteiger partial charge in [0.2, 0.25) is 10.0 Å². The number of likely N-dealkylation sites (N-methyl/N-ethyl adjacent to an activating group) is 1. The third-order valence-electron chi connectivity index (χ3n) is 5.05. The van der Waals surface area contributed by atoms with Crippen LogP contribution in [-0.4, -0.2) is 43.4 Å². The van der Waals surface area contributed by atoms with Crippen molar-refractivity contribution in [3.8, 4) is 0 Å². The zero-order valence-corrected chi connectivity index (χ0v) is 17.6. The van der Waals surface area contributed by atoms with E-state index in [2.05, 4.69) is 4.72 Å². The Morgan fingerprint density at radius 2 is 1.90 bits per heavy atom. The van der Waals surface area contributed by atoms with Gasteiger partial charge in [0.25, 0.3) is 5.69 Å². The van der Waals surface area contributed by atoms with Gasteiger partial charge in [0.15, 0.2) is 0 Å². The number of aromatic nitrogens is 1. The van der Waals surface area contributed by atoms with Crippen LogP contribution in [0.4, 0.5) is 5.69 Å². The molecule has 0 saturated carbocycles. The minimum atomic E-state index is -3.92. The zero-order chi connectivity index (χ0) is 21.3. The van der Waals surface area contributed by atoms with Gasteiger partial charge in [0.1, 0.15) is 0 Å². The summed E-state index contributed by atoms with van der Waals surface area (Å²) in [5.41, 5.74) is 2.27. The molecule has 3 aromatic rings. The van der Waals surface area contributed by atoms with E-state index in [4.69, 9.17) is 0 Å². The van der Waals surface area contributed by atoms with Crippen LogP contribution in [0.15, 0.2) is 53.6 Å². The van der Waals surface area contributed by atoms with Gasteiger partial charge in [-0.2, -0.15) is 0 Å². The lowest BCUT2D eigenvalue weighted by molar-refractivity contribution is -0.385. The largest absolute Gasteiger partial charge is 0.350 e. The topological polar surface area (TPSA) is 97.5 Å². The van der Waals surface area contributed by atoms with Gasteiger partial charge in [-0.05, 0) is 38.2 Å². The first kappa shape index (κ1) is 21.0. The number of benzene rings is 2. The van der Waals surface area contributed by atoms with Crippen molar-refractivity contribution in [1.82, 2.24) is 14.2 Å². The zero-order valence-electron chi connectivity index (χ0n) is 16.8. The van der Waals surface area contributed by atoms with Crippen LogP contribution in [0.1, 0.15) is 17.2 Å². The van der Waals surface area contributed by atoms with Crippen molar-refractivity contribution in [2.75, 3.05) is 20.6 Å². The van der Waals surface area contributed by atoms with Crippen molar-refractivity contribution >= 4 is 26.6 Å². The summed E-state index contributed by atoms with van der Waals surface area (Å²) < 4.78 is 30.4. The Morgan fingerprint density at radius 3 is 2.55 bits per heavy atom. The molecule has 0 spiro atoms. The fourth-order valence-corrected chi connectivity index (χ4v) is 4.77. The van der Waals surface area contributed by atoms with E-state index >= 15 is 0 Å². The van der Waals surface area contributed by atoms with E-state index in [1.165, 1.54) is 12.1 Å². The Hall–Kier alpha value is -2.75. The normalized spacial score (nSPS) is 13.1. The fraction of sp³-hybridized carbons (Fsp3) is 0.300. The molecule has 0 bridgehead atoms. The molecule has 0 aliphatic heterocycles. The first-order valence-electron chi connectivity index (χ1n) is 9.07. The van der Waals surface area contributed by atoms with Crippen LogP contribution < -0.4 is 4.72 Å². The van der Waals surface area contributed by atoms with Gasteiger partial charge in [-0.1, -0.05) is 24.3 Å². The van der Waals surface area contributed by atoms with Crippen LogP contribution in [-0.2, 0) is 17.1 Å². The summed E-state index contributed by atoms with van der Waals surface area (Å²) in [7, 11) is 1.81. The highest BCUT2D eigenvalue weighted by atomic mass is 32.2. The maximum Gasteiger partial charge on any atom is 0.270 e. The second-order valence-corrected chi connectivity index (χ2v) is 8.99. The second-order valence-electron chi connectivity index (χ2n) is 7.25. The highest BCUT2D eigenvalue weighted by molar-refractivity contribution is 7.89. The number of hydrogen-bond acceptors (Lipinski definition) is 5. The van der Waals surface area contributed by atoms with Gasteiger partial charge < -0.3 is 9.47 Å². The van der Waals surface area contributed by atoms with Gasteiger partial charge >= 0.3 is 0 Å². The van der Waals surface area contributed by atoms with Crippen LogP contribution in [0, 0.1) is 17.0 Å². The van der Waals surface area contributed by atoms with Crippen LogP contribution in [0.5, 0.6) is 0 Å². The van der Waals surface area contributed by atoms with Crippen molar-refractivity contribution in [3.63, 3.8) is 0 Å². The predicted octanol–water partition coefficient (Wildman–Crippen LogP) is 2.98. The SMILES string of the molecule is Cc1ccc([N+](=O)[O-])cc1S(=O)(=O)NCC(c1cn(C)c2ccccc12)N(C)C. The number of nitro benzene ring substituents is 1. The lowest BCUT2D eigenvalue weighted by Gasteiger charge is -2.24. The monoisotopic (exact) mass is 416 g/mol. The molecule has 9 heteroatoms. The van der Waals surface area contributed by atoms with Crippen molar-refractivity contribution in [2.45, 2.75) is 17.9 Å². The van der Waals surface area contributed by atoms with Gasteiger partial charge in [-0.25, -0.2) is 13.1 Å². The molecule has 29 heavy (non-hydrogen) atoms. The summed E-state index contributed by atoms with van der Waals surface area (Å²) in [6, 6.07) is 11.6. The molecule has 1 unspecified atom stereocenters. The molecule has 0 aliphatic carbocycles. The highest BCUT2D eigenvalue weighted by Crippen LogP contribution is 2.29. The summed E-state index contributed by atoms with van der Waals surface area (Å²) >= 11 is 0. The molecule has 3 rings (SSSR count). The fourth-order valence-electron chi connectivity index (χ4n) is 3.47. The summed E-state index contributed by atoms with van der Waals surface area (Å²) in [6.07, 6.45) is 2.00. The molecular weight excluding hydrogens is 392 g/mol. The van der Waals surface area contributed by atoms with Crippen molar-refractivity contribution in [2.24, 2.45) is 7.05 Å². The number of sulfonamides is 1. The number of non-ortho nitro benzene ring substituents is 1. The molecule has 154 valence electrons. The highest BCUT2D eigenvalue weighted by Gasteiger charge is 2.25. The van der Waals surface area contributed by atoms with Crippen LogP contribution in [0.3, 0.4) is 0 Å². The summed E-state index contributed by atoms with van der Waals surface area (Å²) in [6.45, 7) is 1.75. The molecule has 0 radical (unpaired) electrons. The first-order chi connectivity index (χ1) is 13.6. The maximum absolute atomic E-state index is 12.9. The number of nitrogens with one attached hydrogen (secondary N) is 1. The Kier molecular flexibility index (Phi) is 5.74. The lowest BCUT2D eigenvalue weighted by Crippen LogP contribution is -2.34. The van der Waals surface area contributed by atoms with Gasteiger partial charge in [-0.15, -0.1) is 0 Å². The standard InChI is InChI=1S/C20H24N4O4S/c1-14-9-10-15(24(25)26)11-20(14)29(27,28)21-12-19(22(2)3)17-13-23(4)18-8-6-5-7-16(17)18/h5-11,13,19,21H,12H2,1-4H3. The minimum Gasteiger partial charge on any atom is -0.350 e. The number of fused-ring (bicyclic) bond motifs is 1. The number of para-hydroxylation sites is 1. The maximum atomic E-state index is 12.9. The van der Waals surface area contributed by atoms with Gasteiger partial charge in [-0.3, -0.25) is 10.1 Å². The quantitative estimate of drug-likeness (QED) is 0.472. The number of nitro groups is 1. The number of aryl methyl sites for hydroxylation is 2. The lowest BCUT2D eigenvalue weighted by atomic mass is 10.1. The Balaban J connectivity index is 1.93. The van der Waals surface area contributed by atoms with E-state index in [1.807, 2.05) is 61.1 Å². The Labute approximate surface area is 170 Å². The van der Waals surface area contributed by atoms with Crippen LogP contribution in [0.25, 0.3) is 10.9 Å². The number of rotatable bonds is 7. The van der Waals surface area contributed by atoms with E-state index in [1.54, 1.807) is 6.92 Å². The molecule has 8 nitrogen and oxygen atoms in total. The van der Waals surface area contributed by atoms with Gasteiger partial charge in [0.05, 0.1) is 9.82 Å². The molecule has 0 aliphatic rings. The summed E-state index contributed by atoms with van der Waals surface area (Å²) in [5.74, 6) is 0. The van der Waals surface area contributed by atoms with E-state index < -0.39 is 14.9 Å². The molecule has 1 N–H and O–H groups in total. The predicted molar refractivity (Wildman–Crippen MR) is 112 cm³/mol. The Bertz CT molecular complexity index is 1170. The average Bonchev–Trinajstić information content (AvgIpc) is 2.98. The van der Waals surface area contributed by atoms with E-state index in [9.17, 15) is 18.5 Å². The number of nitrogens with zero attached hydrogens (tertiary/aromatic N) is 3. The minimum absolute atomic E-state index is 0.0814. The molecule has 1 heterocycles. The second kappa shape index (κ2) is 7.94. The average molecular weight is 417 g/mol. The van der Waals surface area contributed by atoms with Crippen molar-refractivity contribution < 1.29 is 13.3 Å². The summed E-state index contributed by atoms with van der Waals surface area (Å²) in [4.78, 5) is 12.3. The molecular formula is C20H24N4O4S. The number of hydrogen-bond donors (Lipinski definition) is 1. The molecule has 1 aromatic heterocycles. The molecule has 2 aromatic carbocycles. The first-order valence-corrected chi connectivity index (χ1v) is 10.5. The van der Waals surface area contributed by atoms with Gasteiger partial charge in [0, 0.05) is 48.9 Å². The smallest absolute Gasteiger partial charge is 0.270 e. The van der Waals surface area contributed by atoms with Crippen LogP contribution >= 0.6 is 0 Å². The van der Waals surface area contributed by atoms with E-state index in [-0.39, 0.29) is 23.2 Å². The molecule has 0 saturated heterocycles. The molecule has 1 atom stereocenters. The Morgan fingerprint density at radius 1 is 1.21 bits per heavy atom. The van der Waals surface area contributed by atoms with Crippen molar-refractivity contribution in [3.05, 3.63) is 69.9 Å². The van der Waals surface area contributed by atoms with E-state index in [0.717, 1.165) is 22.5 Å². The molecule has 0 fully saturated rings. The van der Waals surface area contributed by atoms with Crippen molar-refractivity contribution in [1.29, 1.82) is 0 Å². The third-order valence-corrected chi connectivity index (χ3v) is 6.61.